The number of rotatable bonds is 1. The summed E-state index contributed by atoms with van der Waals surface area (Å²) >= 11 is 0. The van der Waals surface area contributed by atoms with Crippen molar-refractivity contribution in [2.24, 2.45) is 0 Å². The molecule has 2 aromatic rings. The van der Waals surface area contributed by atoms with E-state index in [4.69, 9.17) is 4.42 Å². The van der Waals surface area contributed by atoms with E-state index in [1.54, 1.807) is 19.2 Å². The molecular weight excluding hydrogens is 166 g/mol. The van der Waals surface area contributed by atoms with Gasteiger partial charge in [0.2, 0.25) is 0 Å². The van der Waals surface area contributed by atoms with Crippen molar-refractivity contribution < 1.29 is 4.42 Å². The normalized spacial score (nSPS) is 10.2. The van der Waals surface area contributed by atoms with Gasteiger partial charge in [-0.25, -0.2) is 4.79 Å². The predicted molar refractivity (Wildman–Crippen MR) is 52.0 cm³/mol. The van der Waals surface area contributed by atoms with Gasteiger partial charge in [-0.05, 0) is 12.1 Å². The van der Waals surface area contributed by atoms with Gasteiger partial charge in [-0.15, -0.1) is 0 Å². The Balaban J connectivity index is 2.81. The molecule has 0 fully saturated rings. The predicted octanol–water partition coefficient (Wildman–Crippen LogP) is 1.83. The van der Waals surface area contributed by atoms with E-state index >= 15 is 0 Å². The molecule has 0 aliphatic carbocycles. The second kappa shape index (κ2) is 2.94. The van der Waals surface area contributed by atoms with E-state index in [0.717, 1.165) is 5.39 Å². The molecule has 0 bridgehead atoms. The highest BCUT2D eigenvalue weighted by Gasteiger charge is 2.01. The first-order valence-electron chi connectivity index (χ1n) is 4.02. The summed E-state index contributed by atoms with van der Waals surface area (Å²) in [7, 11) is 1.70. The highest BCUT2D eigenvalue weighted by atomic mass is 16.4. The summed E-state index contributed by atoms with van der Waals surface area (Å²) in [5.41, 5.74) is 0.770. The van der Waals surface area contributed by atoms with Crippen LogP contribution in [-0.2, 0) is 0 Å². The highest BCUT2D eigenvalue weighted by molar-refractivity contribution is 5.79. The third kappa shape index (κ3) is 1.28. The lowest BCUT2D eigenvalue weighted by Crippen LogP contribution is -2.05. The second-order valence-corrected chi connectivity index (χ2v) is 2.74. The zero-order valence-corrected chi connectivity index (χ0v) is 7.20. The Bertz CT molecular complexity index is 487. The highest BCUT2D eigenvalue weighted by Crippen LogP contribution is 2.14. The summed E-state index contributed by atoms with van der Waals surface area (Å²) in [6, 6.07) is 9.20. The molecule has 0 spiro atoms. The van der Waals surface area contributed by atoms with Crippen LogP contribution in [0.5, 0.6) is 0 Å². The average molecular weight is 175 g/mol. The van der Waals surface area contributed by atoms with E-state index in [1.807, 2.05) is 18.2 Å². The van der Waals surface area contributed by atoms with Gasteiger partial charge >= 0.3 is 5.63 Å². The van der Waals surface area contributed by atoms with Gasteiger partial charge in [-0.3, -0.25) is 0 Å². The zero-order chi connectivity index (χ0) is 9.26. The van der Waals surface area contributed by atoms with Crippen molar-refractivity contribution in [2.75, 3.05) is 12.4 Å². The van der Waals surface area contributed by atoms with Crippen LogP contribution in [0, 0.1) is 0 Å². The van der Waals surface area contributed by atoms with Crippen LogP contribution in [-0.4, -0.2) is 7.05 Å². The van der Waals surface area contributed by atoms with Crippen molar-refractivity contribution in [3.63, 3.8) is 0 Å². The molecule has 0 unspecified atom stereocenters. The lowest BCUT2D eigenvalue weighted by Gasteiger charge is -1.99. The van der Waals surface area contributed by atoms with E-state index in [2.05, 4.69) is 5.32 Å². The van der Waals surface area contributed by atoms with Gasteiger partial charge in [-0.1, -0.05) is 18.2 Å². The third-order valence-corrected chi connectivity index (χ3v) is 1.91. The molecule has 0 radical (unpaired) electrons. The molecule has 1 N–H and O–H groups in total. The molecule has 1 aromatic heterocycles. The molecule has 3 nitrogen and oxygen atoms in total. The largest absolute Gasteiger partial charge is 0.421 e. The quantitative estimate of drug-likeness (QED) is 0.672. The van der Waals surface area contributed by atoms with Crippen LogP contribution in [0.2, 0.25) is 0 Å². The summed E-state index contributed by atoms with van der Waals surface area (Å²) in [4.78, 5) is 11.2. The Morgan fingerprint density at radius 1 is 1.31 bits per heavy atom. The molecule has 0 amide bonds. The van der Waals surface area contributed by atoms with Crippen LogP contribution in [0.25, 0.3) is 11.0 Å². The number of nitrogens with one attached hydrogen (secondary N) is 1. The molecule has 1 heterocycles. The number of hydrogen-bond donors (Lipinski definition) is 1. The summed E-state index contributed by atoms with van der Waals surface area (Å²) < 4.78 is 5.07. The Morgan fingerprint density at radius 2 is 2.08 bits per heavy atom. The fourth-order valence-electron chi connectivity index (χ4n) is 1.24. The third-order valence-electron chi connectivity index (χ3n) is 1.91. The van der Waals surface area contributed by atoms with Crippen molar-refractivity contribution in [2.45, 2.75) is 0 Å². The minimum atomic E-state index is -0.332. The smallest absolute Gasteiger partial charge is 0.359 e. The van der Waals surface area contributed by atoms with E-state index in [0.29, 0.717) is 11.3 Å². The maximum absolute atomic E-state index is 11.2. The maximum atomic E-state index is 11.2. The molecule has 0 saturated carbocycles. The Labute approximate surface area is 75.0 Å². The molecule has 1 aromatic carbocycles. The van der Waals surface area contributed by atoms with Crippen LogP contribution in [0.15, 0.2) is 39.5 Å². The maximum Gasteiger partial charge on any atom is 0.359 e. The lowest BCUT2D eigenvalue weighted by atomic mass is 10.2. The summed E-state index contributed by atoms with van der Waals surface area (Å²) in [5, 5.41) is 3.70. The van der Waals surface area contributed by atoms with Gasteiger partial charge in [-0.2, -0.15) is 0 Å². The standard InChI is InChI=1S/C10H9NO2/c1-11-8-6-7-4-2-3-5-9(7)13-10(8)12/h2-6,11H,1H3. The first-order chi connectivity index (χ1) is 6.31. The van der Waals surface area contributed by atoms with Crippen LogP contribution >= 0.6 is 0 Å². The van der Waals surface area contributed by atoms with E-state index < -0.39 is 0 Å². The van der Waals surface area contributed by atoms with Crippen LogP contribution in [0.3, 0.4) is 0 Å². The Kier molecular flexibility index (Phi) is 1.77. The number of benzene rings is 1. The van der Waals surface area contributed by atoms with E-state index in [-0.39, 0.29) is 5.63 Å². The number of fused-ring (bicyclic) bond motifs is 1. The van der Waals surface area contributed by atoms with Gasteiger partial charge in [0, 0.05) is 12.4 Å². The molecule has 0 aliphatic heterocycles. The molecule has 3 heteroatoms. The monoisotopic (exact) mass is 175 g/mol. The average Bonchev–Trinajstić information content (AvgIpc) is 2.17. The SMILES string of the molecule is CNc1cc2ccccc2oc1=O. The first kappa shape index (κ1) is 7.86. The Hall–Kier alpha value is -1.77. The van der Waals surface area contributed by atoms with Crippen LogP contribution in [0.4, 0.5) is 5.69 Å². The molecular formula is C10H9NO2. The number of para-hydroxylation sites is 1. The molecule has 0 saturated heterocycles. The van der Waals surface area contributed by atoms with Gasteiger partial charge in [0.05, 0.1) is 0 Å². The Morgan fingerprint density at radius 3 is 2.85 bits per heavy atom. The van der Waals surface area contributed by atoms with Crippen LogP contribution < -0.4 is 10.9 Å². The van der Waals surface area contributed by atoms with Crippen molar-refractivity contribution in [3.05, 3.63) is 40.8 Å². The second-order valence-electron chi connectivity index (χ2n) is 2.74. The van der Waals surface area contributed by atoms with Crippen molar-refractivity contribution in [1.82, 2.24) is 0 Å². The minimum Gasteiger partial charge on any atom is -0.421 e. The topological polar surface area (TPSA) is 42.2 Å². The summed E-state index contributed by atoms with van der Waals surface area (Å²) in [6.45, 7) is 0. The summed E-state index contributed by atoms with van der Waals surface area (Å²) in [5.74, 6) is 0. The fraction of sp³-hybridized carbons (Fsp3) is 0.100. The van der Waals surface area contributed by atoms with Gasteiger partial charge in [0.1, 0.15) is 11.3 Å². The molecule has 0 atom stereocenters. The van der Waals surface area contributed by atoms with Gasteiger partial charge in [0.25, 0.3) is 0 Å². The minimum absolute atomic E-state index is 0.332. The van der Waals surface area contributed by atoms with Gasteiger partial charge < -0.3 is 9.73 Å². The number of anilines is 1. The van der Waals surface area contributed by atoms with Crippen molar-refractivity contribution in [1.29, 1.82) is 0 Å². The molecule has 0 aliphatic rings. The molecule has 66 valence electrons. The lowest BCUT2D eigenvalue weighted by molar-refractivity contribution is 0.563. The molecule has 13 heavy (non-hydrogen) atoms. The molecule has 2 rings (SSSR count). The van der Waals surface area contributed by atoms with Crippen molar-refractivity contribution >= 4 is 16.7 Å². The van der Waals surface area contributed by atoms with E-state index in [1.165, 1.54) is 0 Å². The number of hydrogen-bond acceptors (Lipinski definition) is 3. The van der Waals surface area contributed by atoms with Gasteiger partial charge in [0.15, 0.2) is 0 Å². The zero-order valence-electron chi connectivity index (χ0n) is 7.20. The van der Waals surface area contributed by atoms with E-state index in [9.17, 15) is 4.79 Å². The summed E-state index contributed by atoms with van der Waals surface area (Å²) in [6.07, 6.45) is 0. The first-order valence-corrected chi connectivity index (χ1v) is 4.02. The van der Waals surface area contributed by atoms with Crippen LogP contribution in [0.1, 0.15) is 0 Å². The fourth-order valence-corrected chi connectivity index (χ4v) is 1.24. The van der Waals surface area contributed by atoms with Crippen molar-refractivity contribution in [3.8, 4) is 0 Å².